The van der Waals surface area contributed by atoms with Crippen LogP contribution in [0.5, 0.6) is 0 Å². The number of carbonyl (C=O) groups is 2. The molecule has 5 rings (SSSR count). The largest absolute Gasteiger partial charge is 0.511 e. The number of carbonyl (C=O) groups excluding carboxylic acids is 2. The second-order valence-electron chi connectivity index (χ2n) is 11.1. The number of hydrazone groups is 1. The van der Waals surface area contributed by atoms with Gasteiger partial charge in [0.1, 0.15) is 11.9 Å². The average molecular weight is 605 g/mol. The fraction of sp³-hybridized carbons (Fsp3) is 0.344. The topological polar surface area (TPSA) is 151 Å². The van der Waals surface area contributed by atoms with Gasteiger partial charge in [0, 0.05) is 24.1 Å². The van der Waals surface area contributed by atoms with Crippen LogP contribution < -0.4 is 10.6 Å². The Morgan fingerprint density at radius 3 is 2.47 bits per heavy atom. The molecule has 4 N–H and O–H groups in total. The van der Waals surface area contributed by atoms with E-state index in [2.05, 4.69) is 15.4 Å². The first kappa shape index (κ1) is 30.4. The molecule has 2 aliphatic heterocycles. The van der Waals surface area contributed by atoms with Crippen LogP contribution in [0.15, 0.2) is 100 Å². The van der Waals surface area contributed by atoms with Crippen molar-refractivity contribution in [1.29, 1.82) is 0 Å². The monoisotopic (exact) mass is 604 g/mol. The molecule has 226 valence electrons. The van der Waals surface area contributed by atoms with Crippen LogP contribution in [0.25, 0.3) is 0 Å². The molecule has 1 aliphatic carbocycles. The quantitative estimate of drug-likeness (QED) is 0.224. The Balaban J connectivity index is 1.57. The lowest BCUT2D eigenvalue weighted by molar-refractivity contribution is -0.146. The molecule has 1 saturated heterocycles. The van der Waals surface area contributed by atoms with Crippen molar-refractivity contribution in [2.45, 2.75) is 43.1 Å². The molecule has 2 aromatic carbocycles. The number of hydrogen-bond donors (Lipinski definition) is 3. The lowest BCUT2D eigenvalue weighted by atomic mass is 9.74. The van der Waals surface area contributed by atoms with E-state index in [0.717, 1.165) is 37.9 Å². The first-order valence-corrected chi connectivity index (χ1v) is 15.9. The number of fused-ring (bicyclic) bond motifs is 1. The van der Waals surface area contributed by atoms with Crippen molar-refractivity contribution >= 4 is 27.6 Å². The molecule has 4 atom stereocenters. The summed E-state index contributed by atoms with van der Waals surface area (Å²) < 4.78 is 30.0. The van der Waals surface area contributed by atoms with Crippen molar-refractivity contribution in [2.75, 3.05) is 19.6 Å². The number of nitrogens with zero attached hydrogens (tertiary/aromatic N) is 2. The number of amides is 1. The van der Waals surface area contributed by atoms with E-state index < -0.39 is 45.8 Å². The van der Waals surface area contributed by atoms with Crippen LogP contribution in [0.3, 0.4) is 0 Å². The van der Waals surface area contributed by atoms with Gasteiger partial charge in [0.2, 0.25) is 10.0 Å². The van der Waals surface area contributed by atoms with E-state index >= 15 is 0 Å². The van der Waals surface area contributed by atoms with Gasteiger partial charge in [0.15, 0.2) is 0 Å². The fourth-order valence-electron chi connectivity index (χ4n) is 6.05. The average Bonchev–Trinajstić information content (AvgIpc) is 3.01. The zero-order chi connectivity index (χ0) is 30.6. The molecule has 1 fully saturated rings. The number of esters is 1. The molecule has 0 aromatic heterocycles. The SMILES string of the molecule is CC(=NNC(=O)c1ccccc1S(N)(=O)=O)C(CN1CCCCC1)C(C1=C(O)C2C=CC=CC2OC1=O)c1ccccc1. The second-order valence-corrected chi connectivity index (χ2v) is 12.6. The maximum atomic E-state index is 13.6. The van der Waals surface area contributed by atoms with Gasteiger partial charge in [-0.3, -0.25) is 4.79 Å². The van der Waals surface area contributed by atoms with Gasteiger partial charge in [-0.05, 0) is 56.6 Å². The number of rotatable bonds is 9. The van der Waals surface area contributed by atoms with E-state index in [9.17, 15) is 23.1 Å². The number of benzene rings is 2. The molecule has 4 unspecified atom stereocenters. The Labute approximate surface area is 251 Å². The second kappa shape index (κ2) is 13.1. The highest BCUT2D eigenvalue weighted by atomic mass is 32.2. The molecule has 11 heteroatoms. The number of piperidine rings is 1. The lowest BCUT2D eigenvalue weighted by Crippen LogP contribution is -2.43. The van der Waals surface area contributed by atoms with Gasteiger partial charge in [-0.25, -0.2) is 23.8 Å². The molecular formula is C32H36N4O6S. The number of aliphatic hydroxyl groups is 1. The summed E-state index contributed by atoms with van der Waals surface area (Å²) in [5.41, 5.74) is 3.82. The third-order valence-corrected chi connectivity index (χ3v) is 9.19. The number of nitrogens with two attached hydrogens (primary N) is 1. The maximum absolute atomic E-state index is 13.6. The Bertz CT molecular complexity index is 1590. The maximum Gasteiger partial charge on any atom is 0.338 e. The number of aliphatic hydroxyl groups excluding tert-OH is 1. The van der Waals surface area contributed by atoms with Crippen molar-refractivity contribution in [3.63, 3.8) is 0 Å². The highest BCUT2D eigenvalue weighted by Gasteiger charge is 2.43. The number of sulfonamides is 1. The van der Waals surface area contributed by atoms with E-state index in [0.29, 0.717) is 12.3 Å². The highest BCUT2D eigenvalue weighted by molar-refractivity contribution is 7.89. The van der Waals surface area contributed by atoms with Crippen LogP contribution in [0.1, 0.15) is 48.0 Å². The molecule has 1 amide bonds. The third kappa shape index (κ3) is 6.79. The van der Waals surface area contributed by atoms with E-state index in [1.807, 2.05) is 42.5 Å². The van der Waals surface area contributed by atoms with Crippen LogP contribution in [-0.2, 0) is 19.6 Å². The van der Waals surface area contributed by atoms with Crippen LogP contribution in [-0.4, -0.2) is 61.8 Å². The number of allylic oxidation sites excluding steroid dienone is 2. The van der Waals surface area contributed by atoms with Crippen molar-refractivity contribution in [3.05, 3.63) is 101 Å². The van der Waals surface area contributed by atoms with Gasteiger partial charge >= 0.3 is 5.97 Å². The summed E-state index contributed by atoms with van der Waals surface area (Å²) in [7, 11) is -4.15. The Morgan fingerprint density at radius 1 is 1.07 bits per heavy atom. The van der Waals surface area contributed by atoms with Crippen LogP contribution >= 0.6 is 0 Å². The molecule has 43 heavy (non-hydrogen) atoms. The summed E-state index contributed by atoms with van der Waals surface area (Å²) in [6.07, 6.45) is 9.79. The molecule has 0 bridgehead atoms. The summed E-state index contributed by atoms with van der Waals surface area (Å²) >= 11 is 0. The third-order valence-electron chi connectivity index (χ3n) is 8.22. The van der Waals surface area contributed by atoms with Gasteiger partial charge in [-0.15, -0.1) is 0 Å². The molecule has 0 saturated carbocycles. The molecular weight excluding hydrogens is 568 g/mol. The van der Waals surface area contributed by atoms with E-state index in [-0.39, 0.29) is 21.8 Å². The Hall–Kier alpha value is -4.06. The van der Waals surface area contributed by atoms with Gasteiger partial charge in [-0.1, -0.05) is 67.1 Å². The lowest BCUT2D eigenvalue weighted by Gasteiger charge is -2.38. The first-order valence-electron chi connectivity index (χ1n) is 14.4. The molecule has 0 spiro atoms. The van der Waals surface area contributed by atoms with Crippen molar-refractivity contribution in [2.24, 2.45) is 22.1 Å². The minimum atomic E-state index is -4.15. The Kier molecular flexibility index (Phi) is 9.24. The summed E-state index contributed by atoms with van der Waals surface area (Å²) in [4.78, 5) is 28.7. The highest BCUT2D eigenvalue weighted by Crippen LogP contribution is 2.42. The normalized spacial score (nSPS) is 22.5. The van der Waals surface area contributed by atoms with E-state index in [1.54, 1.807) is 19.1 Å². The predicted molar refractivity (Wildman–Crippen MR) is 163 cm³/mol. The van der Waals surface area contributed by atoms with Gasteiger partial charge in [0.05, 0.1) is 21.9 Å². The van der Waals surface area contributed by atoms with E-state index in [1.165, 1.54) is 24.3 Å². The summed E-state index contributed by atoms with van der Waals surface area (Å²) in [5, 5.41) is 21.3. The van der Waals surface area contributed by atoms with Gasteiger partial charge < -0.3 is 14.7 Å². The zero-order valence-electron chi connectivity index (χ0n) is 23.9. The number of primary sulfonamides is 1. The Morgan fingerprint density at radius 2 is 1.74 bits per heavy atom. The molecule has 2 heterocycles. The predicted octanol–water partition coefficient (Wildman–Crippen LogP) is 3.81. The standard InChI is InChI=1S/C32H36N4O6S/c1-21(34-35-31(38)24-15-7-9-17-27(24)43(33,40)41)25(20-36-18-10-3-11-19-36)28(22-12-4-2-5-13-22)29-30(37)23-14-6-8-16-26(23)42-32(29)39/h2,4-9,12-17,23,25-26,28,37H,3,10-11,18-20H2,1H3,(H,35,38)(H2,33,40,41). The molecule has 10 nitrogen and oxygen atoms in total. The van der Waals surface area contributed by atoms with E-state index in [4.69, 9.17) is 9.88 Å². The van der Waals surface area contributed by atoms with Gasteiger partial charge in [0.25, 0.3) is 5.91 Å². The zero-order valence-corrected chi connectivity index (χ0v) is 24.7. The number of likely N-dealkylation sites (tertiary alicyclic amines) is 1. The minimum absolute atomic E-state index is 0.0433. The van der Waals surface area contributed by atoms with Crippen LogP contribution in [0.4, 0.5) is 0 Å². The molecule has 3 aliphatic rings. The van der Waals surface area contributed by atoms with Crippen molar-refractivity contribution < 1.29 is 27.9 Å². The molecule has 2 aromatic rings. The fourth-order valence-corrected chi connectivity index (χ4v) is 6.78. The number of nitrogens with one attached hydrogen (secondary N) is 1. The number of hydrogen-bond acceptors (Lipinski definition) is 8. The summed E-state index contributed by atoms with van der Waals surface area (Å²) in [6, 6.07) is 15.1. The van der Waals surface area contributed by atoms with Crippen molar-refractivity contribution in [1.82, 2.24) is 10.3 Å². The van der Waals surface area contributed by atoms with Crippen LogP contribution in [0.2, 0.25) is 0 Å². The van der Waals surface area contributed by atoms with Gasteiger partial charge in [-0.2, -0.15) is 5.10 Å². The van der Waals surface area contributed by atoms with Crippen molar-refractivity contribution in [3.8, 4) is 0 Å². The first-order chi connectivity index (χ1) is 20.6. The summed E-state index contributed by atoms with van der Waals surface area (Å²) in [6.45, 7) is 4.00. The smallest absolute Gasteiger partial charge is 0.338 e. The summed E-state index contributed by atoms with van der Waals surface area (Å²) in [5.74, 6) is -3.00. The minimum Gasteiger partial charge on any atom is -0.511 e. The number of ether oxygens (including phenoxy) is 1. The molecule has 0 radical (unpaired) electrons. The van der Waals surface area contributed by atoms with Crippen LogP contribution in [0, 0.1) is 11.8 Å².